The number of nitrogens with zero attached hydrogens (tertiary/aromatic N) is 4. The van der Waals surface area contributed by atoms with E-state index in [1.54, 1.807) is 0 Å². The Kier molecular flexibility index (Phi) is 7.10. The van der Waals surface area contributed by atoms with Gasteiger partial charge in [0.05, 0.1) is 39.5 Å². The lowest BCUT2D eigenvalue weighted by atomic mass is 10.1. The molecule has 1 aromatic heterocycles. The monoisotopic (exact) mass is 666 g/mol. The van der Waals surface area contributed by atoms with Crippen LogP contribution in [0, 0.1) is 0 Å². The summed E-state index contributed by atoms with van der Waals surface area (Å²) in [5.41, 5.74) is 13.3. The van der Waals surface area contributed by atoms with Crippen LogP contribution in [0.15, 0.2) is 206 Å². The summed E-state index contributed by atoms with van der Waals surface area (Å²) in [6.45, 7) is 0. The maximum atomic E-state index is 2.43. The van der Waals surface area contributed by atoms with E-state index in [0.29, 0.717) is 0 Å². The number of anilines is 9. The third kappa shape index (κ3) is 4.84. The molecular weight excluding hydrogens is 633 g/mol. The van der Waals surface area contributed by atoms with Crippen molar-refractivity contribution in [3.63, 3.8) is 0 Å². The van der Waals surface area contributed by atoms with Gasteiger partial charge in [-0.2, -0.15) is 0 Å². The van der Waals surface area contributed by atoms with Crippen molar-refractivity contribution in [2.24, 2.45) is 0 Å². The first kappa shape index (κ1) is 29.8. The highest BCUT2D eigenvalue weighted by Crippen LogP contribution is 2.52. The van der Waals surface area contributed by atoms with Gasteiger partial charge in [0.1, 0.15) is 0 Å². The normalized spacial score (nSPS) is 12.2. The number of hydrogen-bond donors (Lipinski definition) is 0. The zero-order valence-electron chi connectivity index (χ0n) is 28.4. The van der Waals surface area contributed by atoms with Crippen LogP contribution in [0.2, 0.25) is 0 Å². The average Bonchev–Trinajstić information content (AvgIpc) is 3.57. The molecule has 0 radical (unpaired) electrons. The zero-order valence-corrected chi connectivity index (χ0v) is 28.4. The van der Waals surface area contributed by atoms with Crippen molar-refractivity contribution in [1.82, 2.24) is 4.57 Å². The maximum Gasteiger partial charge on any atom is 0.0563 e. The van der Waals surface area contributed by atoms with Crippen molar-refractivity contribution >= 4 is 73.0 Å². The van der Waals surface area contributed by atoms with E-state index in [1.807, 2.05) is 0 Å². The molecule has 0 aliphatic carbocycles. The van der Waals surface area contributed by atoms with Gasteiger partial charge in [-0.1, -0.05) is 103 Å². The minimum atomic E-state index is 1.06. The molecular formula is C48H34N4. The highest BCUT2D eigenvalue weighted by atomic mass is 15.2. The van der Waals surface area contributed by atoms with Gasteiger partial charge in [-0.3, -0.25) is 0 Å². The van der Waals surface area contributed by atoms with Crippen molar-refractivity contribution in [2.75, 3.05) is 14.7 Å². The van der Waals surface area contributed by atoms with Crippen LogP contribution in [0.1, 0.15) is 0 Å². The van der Waals surface area contributed by atoms with Gasteiger partial charge in [0.2, 0.25) is 0 Å². The SMILES string of the molecule is c1ccc(N(c2ccccc2)c2cc3cc(c2)N(c2ccccc2)c2cccc4c2c2c(cccc2n4-c2ccccc2)N3c2ccccc2)cc1. The summed E-state index contributed by atoms with van der Waals surface area (Å²) in [6, 6.07) is 74.0. The fourth-order valence-corrected chi connectivity index (χ4v) is 7.88. The topological polar surface area (TPSA) is 14.7 Å². The summed E-state index contributed by atoms with van der Waals surface area (Å²) in [6.07, 6.45) is 0. The molecule has 8 aromatic carbocycles. The van der Waals surface area contributed by atoms with E-state index in [4.69, 9.17) is 0 Å². The van der Waals surface area contributed by atoms with Gasteiger partial charge in [-0.15, -0.1) is 0 Å². The number of aromatic nitrogens is 1. The van der Waals surface area contributed by atoms with Crippen molar-refractivity contribution in [3.05, 3.63) is 206 Å². The van der Waals surface area contributed by atoms with Crippen LogP contribution in [-0.4, -0.2) is 4.57 Å². The van der Waals surface area contributed by atoms with Crippen LogP contribution in [0.25, 0.3) is 27.5 Å². The van der Waals surface area contributed by atoms with Crippen molar-refractivity contribution < 1.29 is 0 Å². The van der Waals surface area contributed by atoms with Gasteiger partial charge < -0.3 is 19.3 Å². The van der Waals surface area contributed by atoms with Gasteiger partial charge >= 0.3 is 0 Å². The van der Waals surface area contributed by atoms with Crippen LogP contribution >= 0.6 is 0 Å². The first-order valence-electron chi connectivity index (χ1n) is 17.7. The smallest absolute Gasteiger partial charge is 0.0563 e. The highest BCUT2D eigenvalue weighted by Gasteiger charge is 2.29. The Morgan fingerprint density at radius 2 is 0.673 bits per heavy atom. The van der Waals surface area contributed by atoms with Crippen molar-refractivity contribution in [1.29, 1.82) is 0 Å². The Hall–Kier alpha value is -7.04. The molecule has 1 aliphatic rings. The quantitative estimate of drug-likeness (QED) is 0.176. The molecule has 52 heavy (non-hydrogen) atoms. The molecule has 1 aliphatic heterocycles. The van der Waals surface area contributed by atoms with Gasteiger partial charge in [-0.25, -0.2) is 0 Å². The third-order valence-electron chi connectivity index (χ3n) is 9.99. The van der Waals surface area contributed by atoms with E-state index >= 15 is 0 Å². The Balaban J connectivity index is 1.37. The zero-order chi connectivity index (χ0) is 34.4. The Morgan fingerprint density at radius 1 is 0.288 bits per heavy atom. The molecule has 10 rings (SSSR count). The molecule has 0 N–H and O–H groups in total. The first-order chi connectivity index (χ1) is 25.8. The Bertz CT molecular complexity index is 2510. The summed E-state index contributed by atoms with van der Waals surface area (Å²) in [5, 5.41) is 2.41. The third-order valence-corrected chi connectivity index (χ3v) is 9.99. The highest BCUT2D eigenvalue weighted by molar-refractivity contribution is 6.22. The molecule has 0 unspecified atom stereocenters. The van der Waals surface area contributed by atoms with E-state index in [-0.39, 0.29) is 0 Å². The molecule has 0 atom stereocenters. The lowest BCUT2D eigenvalue weighted by Crippen LogP contribution is -2.15. The number of fused-ring (bicyclic) bond motifs is 2. The van der Waals surface area contributed by atoms with Crippen molar-refractivity contribution in [2.45, 2.75) is 0 Å². The number of hydrogen-bond acceptors (Lipinski definition) is 3. The van der Waals surface area contributed by atoms with Gasteiger partial charge in [0, 0.05) is 39.2 Å². The lowest BCUT2D eigenvalue weighted by molar-refractivity contribution is 1.18. The standard InChI is InChI=1S/C48H34N4/c1-6-18-35(19-7-1)49(36-20-8-2-9-21-36)40-32-41-34-42(33-40)51(38-24-12-4-13-25-38)44-29-17-31-46-48(44)47-43(50(41)37-22-10-3-11-23-37)28-16-30-45(47)52(46)39-26-14-5-15-27-39/h1-34H. The first-order valence-corrected chi connectivity index (χ1v) is 17.7. The van der Waals surface area contributed by atoms with E-state index in [1.165, 1.54) is 10.8 Å². The predicted octanol–water partition coefficient (Wildman–Crippen LogP) is 13.5. The van der Waals surface area contributed by atoms with Crippen LogP contribution < -0.4 is 14.7 Å². The second kappa shape index (κ2) is 12.4. The summed E-state index contributed by atoms with van der Waals surface area (Å²) < 4.78 is 2.41. The molecule has 0 saturated carbocycles. The fourth-order valence-electron chi connectivity index (χ4n) is 7.88. The number of rotatable bonds is 6. The molecule has 246 valence electrons. The van der Waals surface area contributed by atoms with Crippen LogP contribution in [0.3, 0.4) is 0 Å². The predicted molar refractivity (Wildman–Crippen MR) is 218 cm³/mol. The second-order valence-electron chi connectivity index (χ2n) is 13.1. The van der Waals surface area contributed by atoms with Crippen LogP contribution in [-0.2, 0) is 0 Å². The van der Waals surface area contributed by atoms with Crippen molar-refractivity contribution in [3.8, 4) is 5.69 Å². The Labute approximate surface area is 303 Å². The van der Waals surface area contributed by atoms with Gasteiger partial charge in [0.25, 0.3) is 0 Å². The summed E-state index contributed by atoms with van der Waals surface area (Å²) in [4.78, 5) is 7.22. The molecule has 0 fully saturated rings. The molecule has 9 aromatic rings. The Morgan fingerprint density at radius 3 is 1.10 bits per heavy atom. The van der Waals surface area contributed by atoms with E-state index in [2.05, 4.69) is 226 Å². The molecule has 0 amide bonds. The summed E-state index contributed by atoms with van der Waals surface area (Å²) >= 11 is 0. The minimum Gasteiger partial charge on any atom is -0.310 e. The van der Waals surface area contributed by atoms with Crippen LogP contribution in [0.4, 0.5) is 51.2 Å². The molecule has 0 saturated heterocycles. The largest absolute Gasteiger partial charge is 0.310 e. The van der Waals surface area contributed by atoms with E-state index in [9.17, 15) is 0 Å². The minimum absolute atomic E-state index is 1.06. The molecule has 2 heterocycles. The molecule has 4 nitrogen and oxygen atoms in total. The number of para-hydroxylation sites is 5. The van der Waals surface area contributed by atoms with E-state index < -0.39 is 0 Å². The average molecular weight is 667 g/mol. The molecule has 4 heteroatoms. The van der Waals surface area contributed by atoms with Gasteiger partial charge in [0.15, 0.2) is 0 Å². The molecule has 2 bridgehead atoms. The summed E-state index contributed by atoms with van der Waals surface area (Å²) in [5.74, 6) is 0. The lowest BCUT2D eigenvalue weighted by Gasteiger charge is -2.32. The van der Waals surface area contributed by atoms with E-state index in [0.717, 1.165) is 67.9 Å². The van der Waals surface area contributed by atoms with Gasteiger partial charge in [-0.05, 0) is 103 Å². The van der Waals surface area contributed by atoms with Crippen LogP contribution in [0.5, 0.6) is 0 Å². The second-order valence-corrected chi connectivity index (χ2v) is 13.1. The number of benzene rings is 8. The maximum absolute atomic E-state index is 2.43. The fraction of sp³-hybridized carbons (Fsp3) is 0. The molecule has 0 spiro atoms. The summed E-state index contributed by atoms with van der Waals surface area (Å²) in [7, 11) is 0.